The van der Waals surface area contributed by atoms with E-state index in [1.807, 2.05) is 6.92 Å². The lowest BCUT2D eigenvalue weighted by molar-refractivity contribution is -0.146. The Kier molecular flexibility index (Phi) is 3.17. The van der Waals surface area contributed by atoms with Crippen molar-refractivity contribution in [3.8, 4) is 0 Å². The van der Waals surface area contributed by atoms with E-state index in [0.29, 0.717) is 16.9 Å². The van der Waals surface area contributed by atoms with E-state index in [4.69, 9.17) is 0 Å². The van der Waals surface area contributed by atoms with Crippen molar-refractivity contribution in [1.82, 2.24) is 19.8 Å². The Morgan fingerprint density at radius 1 is 1.37 bits per heavy atom. The van der Waals surface area contributed by atoms with Gasteiger partial charge in [-0.2, -0.15) is 17.7 Å². The first kappa shape index (κ1) is 13.3. The molecular weight excluding hydrogens is 259 g/mol. The van der Waals surface area contributed by atoms with Crippen molar-refractivity contribution < 1.29 is 13.2 Å². The molecule has 5 nitrogen and oxygen atoms in total. The Balaban J connectivity index is 2.47. The SMILES string of the molecule is C=C(C)CN(C)c1ccc2nnc(C(F)(F)F)n2n1. The zero-order valence-electron chi connectivity index (χ0n) is 10.4. The van der Waals surface area contributed by atoms with Crippen LogP contribution in [-0.2, 0) is 6.18 Å². The Bertz CT molecular complexity index is 616. The molecule has 0 spiro atoms. The van der Waals surface area contributed by atoms with E-state index in [2.05, 4.69) is 21.9 Å². The van der Waals surface area contributed by atoms with Crippen molar-refractivity contribution in [3.05, 3.63) is 30.1 Å². The van der Waals surface area contributed by atoms with Crippen LogP contribution in [0.4, 0.5) is 19.0 Å². The Morgan fingerprint density at radius 2 is 2.05 bits per heavy atom. The van der Waals surface area contributed by atoms with Crippen LogP contribution in [-0.4, -0.2) is 33.4 Å². The van der Waals surface area contributed by atoms with Crippen molar-refractivity contribution >= 4 is 11.5 Å². The molecule has 0 aliphatic heterocycles. The molecule has 19 heavy (non-hydrogen) atoms. The lowest BCUT2D eigenvalue weighted by Crippen LogP contribution is -2.22. The van der Waals surface area contributed by atoms with Gasteiger partial charge in [0.2, 0.25) is 0 Å². The zero-order chi connectivity index (χ0) is 14.2. The van der Waals surface area contributed by atoms with Crippen LogP contribution in [0.1, 0.15) is 12.7 Å². The van der Waals surface area contributed by atoms with Crippen molar-refractivity contribution in [2.45, 2.75) is 13.1 Å². The average Bonchev–Trinajstić information content (AvgIpc) is 2.69. The fourth-order valence-electron chi connectivity index (χ4n) is 1.65. The van der Waals surface area contributed by atoms with Gasteiger partial charge in [-0.1, -0.05) is 12.2 Å². The number of hydrogen-bond acceptors (Lipinski definition) is 4. The molecule has 2 aromatic heterocycles. The first-order valence-corrected chi connectivity index (χ1v) is 5.44. The number of halogens is 3. The minimum absolute atomic E-state index is 0.0554. The first-order valence-electron chi connectivity index (χ1n) is 5.44. The summed E-state index contributed by atoms with van der Waals surface area (Å²) in [5.41, 5.74) is 0.934. The predicted octanol–water partition coefficient (Wildman–Crippen LogP) is 2.16. The molecule has 2 aromatic rings. The molecule has 0 amide bonds. The number of fused-ring (bicyclic) bond motifs is 1. The molecule has 0 saturated heterocycles. The Morgan fingerprint density at radius 3 is 2.63 bits per heavy atom. The van der Waals surface area contributed by atoms with Gasteiger partial charge in [-0.05, 0) is 19.1 Å². The second-order valence-electron chi connectivity index (χ2n) is 4.30. The number of likely N-dealkylation sites (N-methyl/N-ethyl adjacent to an activating group) is 1. The topological polar surface area (TPSA) is 46.3 Å². The molecule has 0 aliphatic carbocycles. The fraction of sp³-hybridized carbons (Fsp3) is 0.364. The van der Waals surface area contributed by atoms with E-state index >= 15 is 0 Å². The fourth-order valence-corrected chi connectivity index (χ4v) is 1.65. The highest BCUT2D eigenvalue weighted by Crippen LogP contribution is 2.27. The van der Waals surface area contributed by atoms with E-state index in [1.54, 1.807) is 18.0 Å². The molecule has 8 heteroatoms. The van der Waals surface area contributed by atoms with Crippen molar-refractivity contribution in [2.24, 2.45) is 0 Å². The summed E-state index contributed by atoms with van der Waals surface area (Å²) < 4.78 is 38.8. The molecular formula is C11H12F3N5. The molecule has 0 atom stereocenters. The smallest absolute Gasteiger partial charge is 0.354 e. The minimum Gasteiger partial charge on any atom is -0.354 e. The maximum absolute atomic E-state index is 12.7. The minimum atomic E-state index is -4.59. The summed E-state index contributed by atoms with van der Waals surface area (Å²) in [4.78, 5) is 1.70. The quantitative estimate of drug-likeness (QED) is 0.802. The number of alkyl halides is 3. The molecule has 0 bridgehead atoms. The maximum atomic E-state index is 12.7. The summed E-state index contributed by atoms with van der Waals surface area (Å²) >= 11 is 0. The van der Waals surface area contributed by atoms with Gasteiger partial charge in [0.05, 0.1) is 0 Å². The van der Waals surface area contributed by atoms with Gasteiger partial charge in [-0.3, -0.25) is 0 Å². The average molecular weight is 271 g/mol. The molecule has 0 fully saturated rings. The van der Waals surface area contributed by atoms with Gasteiger partial charge in [-0.15, -0.1) is 15.3 Å². The molecule has 2 heterocycles. The zero-order valence-corrected chi connectivity index (χ0v) is 10.4. The van der Waals surface area contributed by atoms with Crippen LogP contribution in [0.15, 0.2) is 24.3 Å². The second kappa shape index (κ2) is 4.52. The third-order valence-corrected chi connectivity index (χ3v) is 2.40. The highest BCUT2D eigenvalue weighted by molar-refractivity contribution is 5.46. The number of hydrogen-bond donors (Lipinski definition) is 0. The molecule has 0 saturated carbocycles. The van der Waals surface area contributed by atoms with Gasteiger partial charge >= 0.3 is 6.18 Å². The summed E-state index contributed by atoms with van der Waals surface area (Å²) in [7, 11) is 1.72. The first-order chi connectivity index (χ1) is 8.79. The molecule has 102 valence electrons. The van der Waals surface area contributed by atoms with Crippen molar-refractivity contribution in [2.75, 3.05) is 18.5 Å². The largest absolute Gasteiger partial charge is 0.453 e. The van der Waals surface area contributed by atoms with Gasteiger partial charge in [0, 0.05) is 13.6 Å². The van der Waals surface area contributed by atoms with E-state index in [0.717, 1.165) is 5.57 Å². The van der Waals surface area contributed by atoms with Crippen LogP contribution < -0.4 is 4.90 Å². The van der Waals surface area contributed by atoms with E-state index in [9.17, 15) is 13.2 Å². The molecule has 0 aromatic carbocycles. The summed E-state index contributed by atoms with van der Waals surface area (Å²) in [5.74, 6) is -0.742. The van der Waals surface area contributed by atoms with Crippen LogP contribution in [0.3, 0.4) is 0 Å². The van der Waals surface area contributed by atoms with E-state index in [1.165, 1.54) is 6.07 Å². The summed E-state index contributed by atoms with van der Waals surface area (Å²) in [5, 5.41) is 10.5. The van der Waals surface area contributed by atoms with E-state index < -0.39 is 12.0 Å². The van der Waals surface area contributed by atoms with Gasteiger partial charge in [0.25, 0.3) is 5.82 Å². The van der Waals surface area contributed by atoms with Crippen LogP contribution in [0.5, 0.6) is 0 Å². The van der Waals surface area contributed by atoms with Crippen molar-refractivity contribution in [1.29, 1.82) is 0 Å². The van der Waals surface area contributed by atoms with Crippen LogP contribution in [0.2, 0.25) is 0 Å². The summed E-state index contributed by atoms with van der Waals surface area (Å²) in [6, 6.07) is 3.03. The lowest BCUT2D eigenvalue weighted by atomic mass is 10.3. The number of rotatable bonds is 3. The highest BCUT2D eigenvalue weighted by Gasteiger charge is 2.37. The summed E-state index contributed by atoms with van der Waals surface area (Å²) in [6.07, 6.45) is -4.59. The molecule has 0 aliphatic rings. The third kappa shape index (κ3) is 2.67. The highest BCUT2D eigenvalue weighted by atomic mass is 19.4. The number of anilines is 1. The predicted molar refractivity (Wildman–Crippen MR) is 63.9 cm³/mol. The van der Waals surface area contributed by atoms with Crippen LogP contribution in [0.25, 0.3) is 5.65 Å². The number of aromatic nitrogens is 4. The molecule has 0 radical (unpaired) electrons. The van der Waals surface area contributed by atoms with Gasteiger partial charge in [0.1, 0.15) is 5.82 Å². The second-order valence-corrected chi connectivity index (χ2v) is 4.30. The van der Waals surface area contributed by atoms with Gasteiger partial charge in [0.15, 0.2) is 5.65 Å². The lowest BCUT2D eigenvalue weighted by Gasteiger charge is -2.17. The molecule has 0 N–H and O–H groups in total. The normalized spacial score (nSPS) is 11.8. The van der Waals surface area contributed by atoms with Crippen LogP contribution >= 0.6 is 0 Å². The van der Waals surface area contributed by atoms with Crippen LogP contribution in [0, 0.1) is 0 Å². The monoisotopic (exact) mass is 271 g/mol. The maximum Gasteiger partial charge on any atom is 0.453 e. The Labute approximate surface area is 107 Å². The van der Waals surface area contributed by atoms with Crippen molar-refractivity contribution in [3.63, 3.8) is 0 Å². The molecule has 2 rings (SSSR count). The third-order valence-electron chi connectivity index (χ3n) is 2.40. The van der Waals surface area contributed by atoms with E-state index in [-0.39, 0.29) is 5.65 Å². The molecule has 0 unspecified atom stereocenters. The number of nitrogens with zero attached hydrogens (tertiary/aromatic N) is 5. The van der Waals surface area contributed by atoms with Gasteiger partial charge in [-0.25, -0.2) is 0 Å². The van der Waals surface area contributed by atoms with Gasteiger partial charge < -0.3 is 4.90 Å². The Hall–Kier alpha value is -2.12. The summed E-state index contributed by atoms with van der Waals surface area (Å²) in [6.45, 7) is 6.08. The standard InChI is InChI=1S/C11H12F3N5/c1-7(2)6-18(3)9-5-4-8-15-16-10(11(12,13)14)19(8)17-9/h4-5H,1,6H2,2-3H3.